The van der Waals surface area contributed by atoms with Crippen molar-refractivity contribution < 1.29 is 19.4 Å². The number of carbonyl (C=O) groups excluding carboxylic acids is 1. The smallest absolute Gasteiger partial charge is 0.354 e. The summed E-state index contributed by atoms with van der Waals surface area (Å²) in [5, 5.41) is 8.59. The monoisotopic (exact) mass is 198 g/mol. The Balaban J connectivity index is 2.88. The highest BCUT2D eigenvalue weighted by atomic mass is 16.5. The van der Waals surface area contributed by atoms with Crippen molar-refractivity contribution in [1.29, 1.82) is 0 Å². The normalized spacial score (nSPS) is 12.1. The zero-order valence-electron chi connectivity index (χ0n) is 7.48. The predicted octanol–water partition coefficient (Wildman–Crippen LogP) is -0.114. The van der Waals surface area contributed by atoms with Gasteiger partial charge in [-0.3, -0.25) is 4.79 Å². The summed E-state index contributed by atoms with van der Waals surface area (Å²) in [4.78, 5) is 24.0. The number of hydrogen-bond acceptors (Lipinski definition) is 4. The molecule has 6 heteroatoms. The fourth-order valence-corrected chi connectivity index (χ4v) is 0.961. The van der Waals surface area contributed by atoms with E-state index in [9.17, 15) is 9.59 Å². The summed E-state index contributed by atoms with van der Waals surface area (Å²) in [7, 11) is 1.24. The second kappa shape index (κ2) is 3.93. The Morgan fingerprint density at radius 2 is 2.29 bits per heavy atom. The van der Waals surface area contributed by atoms with E-state index in [0.29, 0.717) is 5.56 Å². The van der Waals surface area contributed by atoms with Crippen molar-refractivity contribution in [3.05, 3.63) is 23.5 Å². The summed E-state index contributed by atoms with van der Waals surface area (Å²) in [6.45, 7) is 0. The molecule has 0 saturated heterocycles. The van der Waals surface area contributed by atoms with Crippen molar-refractivity contribution in [3.8, 4) is 0 Å². The maximum Gasteiger partial charge on any atom is 0.354 e. The average molecular weight is 198 g/mol. The quantitative estimate of drug-likeness (QED) is 0.587. The molecule has 0 aliphatic carbocycles. The summed E-state index contributed by atoms with van der Waals surface area (Å²) in [6, 6.07) is 0.217. The van der Waals surface area contributed by atoms with Crippen molar-refractivity contribution in [2.75, 3.05) is 7.11 Å². The number of aliphatic carboxylic acids is 1. The molecule has 1 aromatic rings. The van der Waals surface area contributed by atoms with E-state index in [0.717, 1.165) is 0 Å². The van der Waals surface area contributed by atoms with Gasteiger partial charge in [0.05, 0.1) is 7.11 Å². The fourth-order valence-electron chi connectivity index (χ4n) is 0.961. The van der Waals surface area contributed by atoms with E-state index >= 15 is 0 Å². The number of carboxylic acids is 1. The molecule has 0 spiro atoms. The van der Waals surface area contributed by atoms with Crippen LogP contribution in [0.4, 0.5) is 0 Å². The number of methoxy groups -OCH3 is 1. The van der Waals surface area contributed by atoms with Crippen LogP contribution in [0.5, 0.6) is 0 Å². The molecule has 0 aliphatic rings. The molecule has 0 amide bonds. The lowest BCUT2D eigenvalue weighted by Gasteiger charge is -2.00. The number of aromatic amines is 1. The van der Waals surface area contributed by atoms with Gasteiger partial charge in [0, 0.05) is 6.20 Å². The Morgan fingerprint density at radius 1 is 1.64 bits per heavy atom. The first-order valence-electron chi connectivity index (χ1n) is 3.81. The summed E-state index contributed by atoms with van der Waals surface area (Å²) in [6.07, 6.45) is 1.37. The van der Waals surface area contributed by atoms with Crippen molar-refractivity contribution in [2.45, 2.75) is 6.04 Å². The van der Waals surface area contributed by atoms with Crippen LogP contribution in [-0.2, 0) is 9.53 Å². The van der Waals surface area contributed by atoms with Gasteiger partial charge in [-0.1, -0.05) is 0 Å². The Bertz CT molecular complexity index is 358. The first-order valence-corrected chi connectivity index (χ1v) is 3.81. The van der Waals surface area contributed by atoms with Crippen LogP contribution in [0, 0.1) is 0 Å². The maximum atomic E-state index is 11.0. The van der Waals surface area contributed by atoms with E-state index in [2.05, 4.69) is 9.72 Å². The van der Waals surface area contributed by atoms with E-state index in [1.165, 1.54) is 19.4 Å². The molecule has 0 bridgehead atoms. The van der Waals surface area contributed by atoms with Crippen LogP contribution in [-0.4, -0.2) is 29.1 Å². The molecule has 1 atom stereocenters. The van der Waals surface area contributed by atoms with Crippen molar-refractivity contribution in [1.82, 2.24) is 4.98 Å². The third-order valence-electron chi connectivity index (χ3n) is 1.74. The minimum Gasteiger partial charge on any atom is -0.480 e. The highest BCUT2D eigenvalue weighted by Gasteiger charge is 2.17. The highest BCUT2D eigenvalue weighted by molar-refractivity contribution is 5.88. The molecule has 0 unspecified atom stereocenters. The maximum absolute atomic E-state index is 11.0. The molecule has 1 aromatic heterocycles. The first kappa shape index (κ1) is 10.3. The molecule has 0 saturated carbocycles. The largest absolute Gasteiger partial charge is 0.480 e. The number of H-pyrrole nitrogens is 1. The third-order valence-corrected chi connectivity index (χ3v) is 1.74. The molecule has 1 heterocycles. The van der Waals surface area contributed by atoms with Gasteiger partial charge in [0.25, 0.3) is 0 Å². The molecular weight excluding hydrogens is 188 g/mol. The Kier molecular flexibility index (Phi) is 2.88. The van der Waals surface area contributed by atoms with Crippen LogP contribution in [0.2, 0.25) is 0 Å². The third kappa shape index (κ3) is 1.91. The van der Waals surface area contributed by atoms with Crippen LogP contribution in [0.3, 0.4) is 0 Å². The van der Waals surface area contributed by atoms with Gasteiger partial charge in [0.2, 0.25) is 0 Å². The topological polar surface area (TPSA) is 105 Å². The number of rotatable bonds is 3. The van der Waals surface area contributed by atoms with Crippen LogP contribution in [0.25, 0.3) is 0 Å². The van der Waals surface area contributed by atoms with Gasteiger partial charge in [-0.25, -0.2) is 4.79 Å². The Labute approximate surface area is 79.7 Å². The van der Waals surface area contributed by atoms with E-state index < -0.39 is 18.0 Å². The standard InChI is InChI=1S/C8H10N2O4/c1-14-8(13)5-2-4(3-10-5)6(9)7(11)12/h2-3,6,10H,9H2,1H3,(H,11,12)/t6-/m1/s1. The Morgan fingerprint density at radius 3 is 2.79 bits per heavy atom. The van der Waals surface area contributed by atoms with Gasteiger partial charge in [0.15, 0.2) is 0 Å². The lowest BCUT2D eigenvalue weighted by molar-refractivity contribution is -0.138. The van der Waals surface area contributed by atoms with Gasteiger partial charge < -0.3 is 20.6 Å². The average Bonchev–Trinajstić information content (AvgIpc) is 2.64. The molecule has 6 nitrogen and oxygen atoms in total. The first-order chi connectivity index (χ1) is 6.56. The molecule has 0 aliphatic heterocycles. The number of nitrogens with two attached hydrogens (primary N) is 1. The molecule has 1 rings (SSSR count). The second-order valence-corrected chi connectivity index (χ2v) is 2.65. The highest BCUT2D eigenvalue weighted by Crippen LogP contribution is 2.12. The molecule has 4 N–H and O–H groups in total. The fraction of sp³-hybridized carbons (Fsp3) is 0.250. The van der Waals surface area contributed by atoms with Crippen LogP contribution in [0.1, 0.15) is 22.1 Å². The number of hydrogen-bond donors (Lipinski definition) is 3. The molecule has 76 valence electrons. The van der Waals surface area contributed by atoms with Crippen molar-refractivity contribution in [3.63, 3.8) is 0 Å². The van der Waals surface area contributed by atoms with Crippen molar-refractivity contribution >= 4 is 11.9 Å². The lowest BCUT2D eigenvalue weighted by Crippen LogP contribution is -2.19. The number of esters is 1. The van der Waals surface area contributed by atoms with Gasteiger partial charge >= 0.3 is 11.9 Å². The molecule has 0 fully saturated rings. The SMILES string of the molecule is COC(=O)c1cc([C@@H](N)C(=O)O)c[nH]1. The number of carbonyl (C=O) groups is 2. The molecule has 14 heavy (non-hydrogen) atoms. The zero-order chi connectivity index (χ0) is 10.7. The van der Waals surface area contributed by atoms with Gasteiger partial charge in [-0.05, 0) is 11.6 Å². The van der Waals surface area contributed by atoms with Crippen LogP contribution < -0.4 is 5.73 Å². The lowest BCUT2D eigenvalue weighted by atomic mass is 10.1. The van der Waals surface area contributed by atoms with E-state index in [-0.39, 0.29) is 5.69 Å². The molecule has 0 aromatic carbocycles. The second-order valence-electron chi connectivity index (χ2n) is 2.65. The molecule has 0 radical (unpaired) electrons. The predicted molar refractivity (Wildman–Crippen MR) is 46.7 cm³/mol. The number of aromatic nitrogens is 1. The zero-order valence-corrected chi connectivity index (χ0v) is 7.48. The Hall–Kier alpha value is -1.82. The minimum absolute atomic E-state index is 0.180. The van der Waals surface area contributed by atoms with Crippen LogP contribution in [0.15, 0.2) is 12.3 Å². The summed E-state index contributed by atoms with van der Waals surface area (Å²) >= 11 is 0. The summed E-state index contributed by atoms with van der Waals surface area (Å²) in [5.41, 5.74) is 5.83. The number of carboxylic acid groups (broad SMARTS) is 1. The van der Waals surface area contributed by atoms with Crippen molar-refractivity contribution in [2.24, 2.45) is 5.73 Å². The molecular formula is C8H10N2O4. The van der Waals surface area contributed by atoms with Gasteiger partial charge in [0.1, 0.15) is 11.7 Å². The minimum atomic E-state index is -1.15. The number of nitrogens with one attached hydrogen (secondary N) is 1. The van der Waals surface area contributed by atoms with Gasteiger partial charge in [-0.2, -0.15) is 0 Å². The van der Waals surface area contributed by atoms with Crippen LogP contribution >= 0.6 is 0 Å². The van der Waals surface area contributed by atoms with E-state index in [1.807, 2.05) is 0 Å². The van der Waals surface area contributed by atoms with E-state index in [1.54, 1.807) is 0 Å². The van der Waals surface area contributed by atoms with Gasteiger partial charge in [-0.15, -0.1) is 0 Å². The summed E-state index contributed by atoms with van der Waals surface area (Å²) in [5.74, 6) is -1.71. The van der Waals surface area contributed by atoms with E-state index in [4.69, 9.17) is 10.8 Å². The summed E-state index contributed by atoms with van der Waals surface area (Å²) < 4.78 is 4.43. The number of ether oxygens (including phenoxy) is 1.